The van der Waals surface area contributed by atoms with Crippen LogP contribution in [0.1, 0.15) is 16.2 Å². The van der Waals surface area contributed by atoms with Crippen LogP contribution in [0, 0.1) is 6.92 Å². The van der Waals surface area contributed by atoms with Crippen LogP contribution in [0.25, 0.3) is 5.65 Å². The van der Waals surface area contributed by atoms with Crippen LogP contribution in [0.15, 0.2) is 36.4 Å². The van der Waals surface area contributed by atoms with E-state index in [9.17, 15) is 4.79 Å². The third kappa shape index (κ3) is 3.02. The molecule has 25 heavy (non-hydrogen) atoms. The van der Waals surface area contributed by atoms with E-state index in [0.717, 1.165) is 30.4 Å². The van der Waals surface area contributed by atoms with Gasteiger partial charge < -0.3 is 9.80 Å². The summed E-state index contributed by atoms with van der Waals surface area (Å²) >= 11 is 5.88. The first-order valence-corrected chi connectivity index (χ1v) is 8.48. The summed E-state index contributed by atoms with van der Waals surface area (Å²) in [7, 11) is 0. The standard InChI is InChI=1S/C17H17ClN6O/c1-12-19-20-15-6-7-16(21-24(12)15)22-8-10-23(11-9-22)17(25)13-2-4-14(18)5-3-13/h2-7H,8-11H2,1H3. The molecule has 7 nitrogen and oxygen atoms in total. The van der Waals surface area contributed by atoms with Crippen molar-refractivity contribution < 1.29 is 4.79 Å². The number of anilines is 1. The highest BCUT2D eigenvalue weighted by molar-refractivity contribution is 6.30. The van der Waals surface area contributed by atoms with Crippen molar-refractivity contribution in [2.24, 2.45) is 0 Å². The molecule has 1 fully saturated rings. The van der Waals surface area contributed by atoms with E-state index < -0.39 is 0 Å². The van der Waals surface area contributed by atoms with Crippen LogP contribution in [0.3, 0.4) is 0 Å². The molecule has 0 N–H and O–H groups in total. The van der Waals surface area contributed by atoms with Crippen LogP contribution in [0.2, 0.25) is 5.02 Å². The molecule has 1 saturated heterocycles. The molecule has 0 spiro atoms. The monoisotopic (exact) mass is 356 g/mol. The Morgan fingerprint density at radius 3 is 2.44 bits per heavy atom. The summed E-state index contributed by atoms with van der Waals surface area (Å²) in [6.45, 7) is 4.65. The Bertz CT molecular complexity index is 915. The van der Waals surface area contributed by atoms with Gasteiger partial charge in [-0.15, -0.1) is 15.3 Å². The summed E-state index contributed by atoms with van der Waals surface area (Å²) in [4.78, 5) is 16.6. The van der Waals surface area contributed by atoms with Crippen molar-refractivity contribution in [3.05, 3.63) is 52.8 Å². The Morgan fingerprint density at radius 1 is 1.00 bits per heavy atom. The molecule has 0 unspecified atom stereocenters. The number of rotatable bonds is 2. The van der Waals surface area contributed by atoms with Gasteiger partial charge in [0, 0.05) is 36.8 Å². The van der Waals surface area contributed by atoms with E-state index in [1.807, 2.05) is 24.0 Å². The largest absolute Gasteiger partial charge is 0.352 e. The van der Waals surface area contributed by atoms with Gasteiger partial charge in [-0.3, -0.25) is 4.79 Å². The Balaban J connectivity index is 1.46. The SMILES string of the molecule is Cc1nnc2ccc(N3CCN(C(=O)c4ccc(Cl)cc4)CC3)nn12. The minimum atomic E-state index is 0.0365. The molecule has 8 heteroatoms. The Morgan fingerprint density at radius 2 is 1.72 bits per heavy atom. The molecule has 0 atom stereocenters. The van der Waals surface area contributed by atoms with E-state index in [0.29, 0.717) is 23.7 Å². The molecule has 1 aliphatic rings. The second-order valence-corrected chi connectivity index (χ2v) is 6.43. The maximum atomic E-state index is 12.6. The lowest BCUT2D eigenvalue weighted by atomic mass is 10.2. The normalized spacial score (nSPS) is 15.0. The molecule has 0 bridgehead atoms. The fourth-order valence-corrected chi connectivity index (χ4v) is 3.09. The van der Waals surface area contributed by atoms with Crippen LogP contribution < -0.4 is 4.90 Å². The van der Waals surface area contributed by atoms with Crippen LogP contribution in [-0.2, 0) is 0 Å². The van der Waals surface area contributed by atoms with Crippen LogP contribution in [0.5, 0.6) is 0 Å². The Hall–Kier alpha value is -2.67. The molecule has 0 radical (unpaired) electrons. The van der Waals surface area contributed by atoms with Gasteiger partial charge >= 0.3 is 0 Å². The van der Waals surface area contributed by atoms with Crippen molar-refractivity contribution in [1.29, 1.82) is 0 Å². The van der Waals surface area contributed by atoms with Gasteiger partial charge in [0.25, 0.3) is 5.91 Å². The van der Waals surface area contributed by atoms with Crippen molar-refractivity contribution in [3.8, 4) is 0 Å². The van der Waals surface area contributed by atoms with Gasteiger partial charge in [0.1, 0.15) is 5.82 Å². The quantitative estimate of drug-likeness (QED) is 0.703. The van der Waals surface area contributed by atoms with Crippen LogP contribution in [0.4, 0.5) is 5.82 Å². The average molecular weight is 357 g/mol. The molecule has 1 aliphatic heterocycles. The zero-order valence-electron chi connectivity index (χ0n) is 13.8. The zero-order valence-corrected chi connectivity index (χ0v) is 14.5. The maximum absolute atomic E-state index is 12.6. The lowest BCUT2D eigenvalue weighted by Crippen LogP contribution is -2.49. The molecule has 3 aromatic rings. The van der Waals surface area contributed by atoms with Gasteiger partial charge in [0.2, 0.25) is 0 Å². The van der Waals surface area contributed by atoms with E-state index in [2.05, 4.69) is 20.2 Å². The van der Waals surface area contributed by atoms with Crippen molar-refractivity contribution in [2.45, 2.75) is 6.92 Å². The molecule has 4 rings (SSSR count). The minimum absolute atomic E-state index is 0.0365. The number of benzene rings is 1. The summed E-state index contributed by atoms with van der Waals surface area (Å²) in [6.07, 6.45) is 0. The number of hydrogen-bond acceptors (Lipinski definition) is 5. The summed E-state index contributed by atoms with van der Waals surface area (Å²) in [5.74, 6) is 1.66. The van der Waals surface area contributed by atoms with Gasteiger partial charge in [-0.25, -0.2) is 0 Å². The summed E-state index contributed by atoms with van der Waals surface area (Å²) in [5.41, 5.74) is 1.40. The number of halogens is 1. The number of aromatic nitrogens is 4. The fraction of sp³-hybridized carbons (Fsp3) is 0.294. The predicted molar refractivity (Wildman–Crippen MR) is 95.1 cm³/mol. The molecule has 2 aromatic heterocycles. The number of aryl methyl sites for hydroxylation is 1. The lowest BCUT2D eigenvalue weighted by Gasteiger charge is -2.35. The number of piperazine rings is 1. The molecule has 1 amide bonds. The summed E-state index contributed by atoms with van der Waals surface area (Å²) < 4.78 is 1.74. The fourth-order valence-electron chi connectivity index (χ4n) is 2.97. The maximum Gasteiger partial charge on any atom is 0.253 e. The topological polar surface area (TPSA) is 66.6 Å². The smallest absolute Gasteiger partial charge is 0.253 e. The number of carbonyl (C=O) groups excluding carboxylic acids is 1. The summed E-state index contributed by atoms with van der Waals surface area (Å²) in [5, 5.41) is 13.3. The van der Waals surface area contributed by atoms with Gasteiger partial charge in [-0.1, -0.05) is 11.6 Å². The average Bonchev–Trinajstić information content (AvgIpc) is 3.02. The number of hydrogen-bond donors (Lipinski definition) is 0. The molecule has 3 heterocycles. The first-order chi connectivity index (χ1) is 12.1. The highest BCUT2D eigenvalue weighted by Gasteiger charge is 2.23. The lowest BCUT2D eigenvalue weighted by molar-refractivity contribution is 0.0746. The molecule has 0 aliphatic carbocycles. The van der Waals surface area contributed by atoms with E-state index >= 15 is 0 Å². The first kappa shape index (κ1) is 15.8. The van der Waals surface area contributed by atoms with Crippen LogP contribution >= 0.6 is 11.6 Å². The van der Waals surface area contributed by atoms with E-state index in [4.69, 9.17) is 11.6 Å². The number of amides is 1. The minimum Gasteiger partial charge on any atom is -0.352 e. The van der Waals surface area contributed by atoms with E-state index in [1.54, 1.807) is 28.8 Å². The molecule has 0 saturated carbocycles. The first-order valence-electron chi connectivity index (χ1n) is 8.11. The van der Waals surface area contributed by atoms with Crippen molar-refractivity contribution in [2.75, 3.05) is 31.1 Å². The number of carbonyl (C=O) groups is 1. The second-order valence-electron chi connectivity index (χ2n) is 5.99. The molecule has 1 aromatic carbocycles. The number of fused-ring (bicyclic) bond motifs is 1. The highest BCUT2D eigenvalue weighted by Crippen LogP contribution is 2.17. The van der Waals surface area contributed by atoms with E-state index in [1.165, 1.54) is 0 Å². The van der Waals surface area contributed by atoms with Crippen LogP contribution in [-0.4, -0.2) is 56.8 Å². The van der Waals surface area contributed by atoms with Gasteiger partial charge in [-0.2, -0.15) is 4.52 Å². The molecule has 128 valence electrons. The third-order valence-corrected chi connectivity index (χ3v) is 4.64. The van der Waals surface area contributed by atoms with Gasteiger partial charge in [-0.05, 0) is 43.3 Å². The predicted octanol–water partition coefficient (Wildman–Crippen LogP) is 2.05. The second kappa shape index (κ2) is 6.33. The van der Waals surface area contributed by atoms with Gasteiger partial charge in [0.15, 0.2) is 11.5 Å². The summed E-state index contributed by atoms with van der Waals surface area (Å²) in [6, 6.07) is 10.9. The Kier molecular flexibility index (Phi) is 4.01. The zero-order chi connectivity index (χ0) is 17.4. The number of nitrogens with zero attached hydrogens (tertiary/aromatic N) is 6. The third-order valence-electron chi connectivity index (χ3n) is 4.39. The van der Waals surface area contributed by atoms with Crippen molar-refractivity contribution in [1.82, 2.24) is 24.7 Å². The van der Waals surface area contributed by atoms with Gasteiger partial charge in [0.05, 0.1) is 0 Å². The van der Waals surface area contributed by atoms with E-state index in [-0.39, 0.29) is 5.91 Å². The van der Waals surface area contributed by atoms with Crippen molar-refractivity contribution >= 4 is 29.0 Å². The Labute approximate surface area is 149 Å². The highest BCUT2D eigenvalue weighted by atomic mass is 35.5. The molecular weight excluding hydrogens is 340 g/mol. The van der Waals surface area contributed by atoms with Crippen molar-refractivity contribution in [3.63, 3.8) is 0 Å². The molecular formula is C17H17ClN6O.